The maximum Gasteiger partial charge on any atom is 0.305 e. The third kappa shape index (κ3) is 7.69. The minimum absolute atomic E-state index is 0.0798. The van der Waals surface area contributed by atoms with Crippen LogP contribution in [0.3, 0.4) is 0 Å². The lowest BCUT2D eigenvalue weighted by Gasteiger charge is -2.26. The number of hydrogen-bond donors (Lipinski definition) is 3. The van der Waals surface area contributed by atoms with Crippen molar-refractivity contribution < 1.29 is 14.7 Å². The number of carbonyl (C=O) groups excluding carboxylic acids is 1. The predicted octanol–water partition coefficient (Wildman–Crippen LogP) is 0.733. The summed E-state index contributed by atoms with van der Waals surface area (Å²) in [4.78, 5) is 22.4. The molecule has 0 saturated heterocycles. The van der Waals surface area contributed by atoms with Gasteiger partial charge in [-0.05, 0) is 11.8 Å². The molecule has 0 aromatic rings. The number of carbonyl (C=O) groups is 2. The molecule has 5 heteroatoms. The molecule has 0 radical (unpaired) electrons. The molecule has 0 aromatic carbocycles. The van der Waals surface area contributed by atoms with Gasteiger partial charge in [0.1, 0.15) is 0 Å². The topological polar surface area (TPSA) is 92.4 Å². The molecule has 0 bridgehead atoms. The number of hydrogen-bond acceptors (Lipinski definition) is 3. The zero-order valence-electron chi connectivity index (χ0n) is 11.2. The Morgan fingerprint density at radius 3 is 2.39 bits per heavy atom. The molecule has 0 aliphatic carbocycles. The summed E-state index contributed by atoms with van der Waals surface area (Å²) in [5.41, 5.74) is 5.49. The van der Waals surface area contributed by atoms with E-state index in [0.29, 0.717) is 6.42 Å². The zero-order valence-corrected chi connectivity index (χ0v) is 11.2. The summed E-state index contributed by atoms with van der Waals surface area (Å²) in [6, 6.07) is -1.22. The monoisotopic (exact) mass is 254 g/mol. The van der Waals surface area contributed by atoms with Gasteiger partial charge in [-0.2, -0.15) is 0 Å². The maximum atomic E-state index is 11.7. The van der Waals surface area contributed by atoms with E-state index in [1.165, 1.54) is 0 Å². The van der Waals surface area contributed by atoms with Gasteiger partial charge in [0.25, 0.3) is 0 Å². The second-order valence-corrected chi connectivity index (χ2v) is 5.58. The van der Waals surface area contributed by atoms with E-state index in [4.69, 9.17) is 17.3 Å². The molecule has 0 spiro atoms. The second-order valence-electron chi connectivity index (χ2n) is 5.58. The van der Waals surface area contributed by atoms with Gasteiger partial charge in [-0.15, -0.1) is 12.3 Å². The lowest BCUT2D eigenvalue weighted by molar-refractivity contribution is -0.138. The van der Waals surface area contributed by atoms with Crippen LogP contribution in [-0.4, -0.2) is 29.1 Å². The quantitative estimate of drug-likeness (QED) is 0.609. The van der Waals surface area contributed by atoms with Gasteiger partial charge in [0, 0.05) is 12.5 Å². The van der Waals surface area contributed by atoms with Crippen molar-refractivity contribution in [1.29, 1.82) is 0 Å². The van der Waals surface area contributed by atoms with E-state index < -0.39 is 24.0 Å². The standard InChI is InChI=1S/C13H22N2O3/c1-5-6-10(14)12(18)15-9(7-11(16)17)8-13(2,3)4/h1,9-10H,6-8,14H2,2-4H3,(H,15,18)(H,16,17). The predicted molar refractivity (Wildman–Crippen MR) is 69.7 cm³/mol. The van der Waals surface area contributed by atoms with Crippen molar-refractivity contribution in [2.45, 2.75) is 52.1 Å². The molecule has 0 fully saturated rings. The van der Waals surface area contributed by atoms with E-state index in [1.807, 2.05) is 20.8 Å². The number of amides is 1. The number of carboxylic acid groups (broad SMARTS) is 1. The average molecular weight is 254 g/mol. The highest BCUT2D eigenvalue weighted by Gasteiger charge is 2.24. The van der Waals surface area contributed by atoms with E-state index >= 15 is 0 Å². The van der Waals surface area contributed by atoms with Crippen molar-refractivity contribution >= 4 is 11.9 Å². The highest BCUT2D eigenvalue weighted by atomic mass is 16.4. The fraction of sp³-hybridized carbons (Fsp3) is 0.692. The van der Waals surface area contributed by atoms with Crippen LogP contribution >= 0.6 is 0 Å². The summed E-state index contributed by atoms with van der Waals surface area (Å²) in [6.45, 7) is 5.94. The molecular weight excluding hydrogens is 232 g/mol. The minimum atomic E-state index is -0.949. The van der Waals surface area contributed by atoms with Crippen molar-refractivity contribution in [3.63, 3.8) is 0 Å². The van der Waals surface area contributed by atoms with Gasteiger partial charge in [0.15, 0.2) is 0 Å². The molecule has 5 nitrogen and oxygen atoms in total. The SMILES string of the molecule is C#CCC(N)C(=O)NC(CC(=O)O)CC(C)(C)C. The molecular formula is C13H22N2O3. The lowest BCUT2D eigenvalue weighted by atomic mass is 9.87. The lowest BCUT2D eigenvalue weighted by Crippen LogP contribution is -2.47. The van der Waals surface area contributed by atoms with E-state index in [2.05, 4.69) is 11.2 Å². The van der Waals surface area contributed by atoms with Crippen LogP contribution in [-0.2, 0) is 9.59 Å². The number of carboxylic acids is 1. The van der Waals surface area contributed by atoms with Crippen LogP contribution in [0.1, 0.15) is 40.0 Å². The fourth-order valence-corrected chi connectivity index (χ4v) is 1.65. The molecule has 0 aliphatic heterocycles. The Labute approximate surface area is 108 Å². The molecule has 0 aromatic heterocycles. The summed E-state index contributed by atoms with van der Waals surface area (Å²) in [5.74, 6) is 0.960. The van der Waals surface area contributed by atoms with Crippen molar-refractivity contribution in [3.8, 4) is 12.3 Å². The van der Waals surface area contributed by atoms with Gasteiger partial charge < -0.3 is 16.2 Å². The third-order valence-corrected chi connectivity index (χ3v) is 2.30. The van der Waals surface area contributed by atoms with Crippen LogP contribution in [0.15, 0.2) is 0 Å². The molecule has 2 atom stereocenters. The van der Waals surface area contributed by atoms with Crippen LogP contribution in [0.5, 0.6) is 0 Å². The fourth-order valence-electron chi connectivity index (χ4n) is 1.65. The smallest absolute Gasteiger partial charge is 0.305 e. The van der Waals surface area contributed by atoms with Crippen LogP contribution in [0.25, 0.3) is 0 Å². The first-order valence-electron chi connectivity index (χ1n) is 5.87. The molecule has 1 amide bonds. The van der Waals surface area contributed by atoms with Crippen molar-refractivity contribution in [2.24, 2.45) is 11.1 Å². The average Bonchev–Trinajstić information content (AvgIpc) is 2.13. The molecule has 0 heterocycles. The summed E-state index contributed by atoms with van der Waals surface area (Å²) in [5, 5.41) is 11.5. The minimum Gasteiger partial charge on any atom is -0.481 e. The third-order valence-electron chi connectivity index (χ3n) is 2.30. The summed E-state index contributed by atoms with van der Waals surface area (Å²) in [7, 11) is 0. The molecule has 2 unspecified atom stereocenters. The van der Waals surface area contributed by atoms with Crippen LogP contribution in [0.4, 0.5) is 0 Å². The molecule has 102 valence electrons. The van der Waals surface area contributed by atoms with Crippen LogP contribution < -0.4 is 11.1 Å². The normalized spacial score (nSPS) is 14.4. The Morgan fingerprint density at radius 1 is 1.44 bits per heavy atom. The Bertz CT molecular complexity index is 339. The van der Waals surface area contributed by atoms with E-state index in [1.54, 1.807) is 0 Å². The largest absolute Gasteiger partial charge is 0.481 e. The van der Waals surface area contributed by atoms with Crippen LogP contribution in [0.2, 0.25) is 0 Å². The first-order chi connectivity index (χ1) is 8.15. The number of aliphatic carboxylic acids is 1. The Hall–Kier alpha value is -1.54. The van der Waals surface area contributed by atoms with Crippen LogP contribution in [0, 0.1) is 17.8 Å². The number of nitrogens with two attached hydrogens (primary N) is 1. The van der Waals surface area contributed by atoms with E-state index in [0.717, 1.165) is 0 Å². The highest BCUT2D eigenvalue weighted by molar-refractivity contribution is 5.82. The number of nitrogens with one attached hydrogen (secondary N) is 1. The maximum absolute atomic E-state index is 11.7. The van der Waals surface area contributed by atoms with Gasteiger partial charge in [-0.1, -0.05) is 20.8 Å². The van der Waals surface area contributed by atoms with E-state index in [-0.39, 0.29) is 18.3 Å². The Kier molecular flexibility index (Phi) is 6.42. The summed E-state index contributed by atoms with van der Waals surface area (Å²) >= 11 is 0. The van der Waals surface area contributed by atoms with Crippen molar-refractivity contribution in [1.82, 2.24) is 5.32 Å². The Balaban J connectivity index is 4.54. The molecule has 18 heavy (non-hydrogen) atoms. The van der Waals surface area contributed by atoms with Gasteiger partial charge in [0.2, 0.25) is 5.91 Å². The number of terminal acetylenes is 1. The zero-order chi connectivity index (χ0) is 14.3. The van der Waals surface area contributed by atoms with Gasteiger partial charge in [-0.3, -0.25) is 9.59 Å². The Morgan fingerprint density at radius 2 is 2.00 bits per heavy atom. The molecule has 0 rings (SSSR count). The first kappa shape index (κ1) is 16.5. The molecule has 4 N–H and O–H groups in total. The summed E-state index contributed by atoms with van der Waals surface area (Å²) < 4.78 is 0. The molecule has 0 saturated carbocycles. The van der Waals surface area contributed by atoms with Crippen molar-refractivity contribution in [2.75, 3.05) is 0 Å². The van der Waals surface area contributed by atoms with Gasteiger partial charge in [0.05, 0.1) is 12.5 Å². The second kappa shape index (κ2) is 7.02. The van der Waals surface area contributed by atoms with Gasteiger partial charge in [-0.25, -0.2) is 0 Å². The van der Waals surface area contributed by atoms with E-state index in [9.17, 15) is 9.59 Å². The van der Waals surface area contributed by atoms with Crippen molar-refractivity contribution in [3.05, 3.63) is 0 Å². The molecule has 0 aliphatic rings. The summed E-state index contributed by atoms with van der Waals surface area (Å²) in [6.07, 6.45) is 5.66. The highest BCUT2D eigenvalue weighted by Crippen LogP contribution is 2.22. The number of rotatable bonds is 6. The van der Waals surface area contributed by atoms with Gasteiger partial charge >= 0.3 is 5.97 Å². The first-order valence-corrected chi connectivity index (χ1v) is 5.87.